The summed E-state index contributed by atoms with van der Waals surface area (Å²) in [6.07, 6.45) is 1.51. The van der Waals surface area contributed by atoms with Gasteiger partial charge in [-0.3, -0.25) is 4.98 Å². The number of halogens is 1. The van der Waals surface area contributed by atoms with E-state index in [1.165, 1.54) is 23.6 Å². The minimum Gasteiger partial charge on any atom is -0.382 e. The molecule has 0 radical (unpaired) electrons. The molecule has 0 aliphatic carbocycles. The zero-order chi connectivity index (χ0) is 10.8. The molecular formula is C10H9FN2OS. The second kappa shape index (κ2) is 4.04. The minimum absolute atomic E-state index is 0.204. The molecule has 0 spiro atoms. The first kappa shape index (κ1) is 10.2. The Kier molecular flexibility index (Phi) is 2.75. The third kappa shape index (κ3) is 2.03. The van der Waals surface area contributed by atoms with Gasteiger partial charge in [0.2, 0.25) is 0 Å². The van der Waals surface area contributed by atoms with Gasteiger partial charge in [-0.1, -0.05) is 0 Å². The van der Waals surface area contributed by atoms with Crippen LogP contribution in [0, 0.1) is 12.7 Å². The van der Waals surface area contributed by atoms with Crippen LogP contribution in [0.25, 0.3) is 0 Å². The summed E-state index contributed by atoms with van der Waals surface area (Å²) >= 11 is 1.42. The number of nitrogens with zero attached hydrogens (tertiary/aromatic N) is 2. The first-order chi connectivity index (χ1) is 7.18. The Bertz CT molecular complexity index is 472. The Balaban J connectivity index is 2.36. The number of hydrogen-bond acceptors (Lipinski definition) is 4. The second-order valence-corrected chi connectivity index (χ2v) is 4.15. The largest absolute Gasteiger partial charge is 0.382 e. The highest BCUT2D eigenvalue weighted by Gasteiger charge is 2.16. The van der Waals surface area contributed by atoms with Crippen LogP contribution in [-0.2, 0) is 0 Å². The zero-order valence-electron chi connectivity index (χ0n) is 8.01. The van der Waals surface area contributed by atoms with E-state index in [1.54, 1.807) is 5.38 Å². The molecule has 78 valence electrons. The van der Waals surface area contributed by atoms with Crippen LogP contribution in [0.4, 0.5) is 4.39 Å². The van der Waals surface area contributed by atoms with Crippen molar-refractivity contribution < 1.29 is 9.50 Å². The summed E-state index contributed by atoms with van der Waals surface area (Å²) in [5, 5.41) is 12.4. The molecule has 2 aromatic rings. The van der Waals surface area contributed by atoms with Crippen molar-refractivity contribution in [3.05, 3.63) is 45.9 Å². The molecule has 0 saturated heterocycles. The van der Waals surface area contributed by atoms with Gasteiger partial charge in [-0.2, -0.15) is 0 Å². The zero-order valence-corrected chi connectivity index (χ0v) is 8.83. The van der Waals surface area contributed by atoms with Crippen LogP contribution in [0.15, 0.2) is 23.8 Å². The van der Waals surface area contributed by atoms with Crippen LogP contribution < -0.4 is 0 Å². The third-order valence-corrected chi connectivity index (χ3v) is 2.81. The Morgan fingerprint density at radius 3 is 2.93 bits per heavy atom. The van der Waals surface area contributed by atoms with Crippen molar-refractivity contribution in [3.8, 4) is 0 Å². The van der Waals surface area contributed by atoms with Gasteiger partial charge < -0.3 is 5.11 Å². The lowest BCUT2D eigenvalue weighted by molar-refractivity contribution is 0.210. The van der Waals surface area contributed by atoms with E-state index in [-0.39, 0.29) is 5.56 Å². The van der Waals surface area contributed by atoms with Crippen LogP contribution >= 0.6 is 11.3 Å². The molecule has 3 nitrogen and oxygen atoms in total. The summed E-state index contributed by atoms with van der Waals surface area (Å²) < 4.78 is 13.3. The molecule has 0 bridgehead atoms. The number of aromatic nitrogens is 2. The highest BCUT2D eigenvalue weighted by Crippen LogP contribution is 2.24. The van der Waals surface area contributed by atoms with Crippen molar-refractivity contribution in [2.75, 3.05) is 0 Å². The average Bonchev–Trinajstić information content (AvgIpc) is 2.65. The van der Waals surface area contributed by atoms with E-state index in [0.29, 0.717) is 5.69 Å². The third-order valence-electron chi connectivity index (χ3n) is 2.02. The van der Waals surface area contributed by atoms with E-state index in [4.69, 9.17) is 0 Å². The van der Waals surface area contributed by atoms with E-state index in [0.717, 1.165) is 11.2 Å². The van der Waals surface area contributed by atoms with Gasteiger partial charge in [0, 0.05) is 17.1 Å². The van der Waals surface area contributed by atoms with Gasteiger partial charge in [-0.15, -0.1) is 11.3 Å². The lowest BCUT2D eigenvalue weighted by Gasteiger charge is -2.08. The number of rotatable bonds is 2. The number of thiazole rings is 1. The summed E-state index contributed by atoms with van der Waals surface area (Å²) in [7, 11) is 0. The smallest absolute Gasteiger partial charge is 0.147 e. The predicted molar refractivity (Wildman–Crippen MR) is 55.1 cm³/mol. The molecule has 1 atom stereocenters. The quantitative estimate of drug-likeness (QED) is 0.849. The van der Waals surface area contributed by atoms with Crippen molar-refractivity contribution in [1.29, 1.82) is 0 Å². The maximum Gasteiger partial charge on any atom is 0.147 e. The van der Waals surface area contributed by atoms with Crippen molar-refractivity contribution in [2.45, 2.75) is 13.0 Å². The molecule has 0 saturated carbocycles. The van der Waals surface area contributed by atoms with Gasteiger partial charge in [0.1, 0.15) is 11.9 Å². The normalized spacial score (nSPS) is 12.7. The highest BCUT2D eigenvalue weighted by molar-refractivity contribution is 7.09. The van der Waals surface area contributed by atoms with Gasteiger partial charge in [0.15, 0.2) is 0 Å². The minimum atomic E-state index is -1.02. The molecule has 2 heterocycles. The van der Waals surface area contributed by atoms with E-state index >= 15 is 0 Å². The Morgan fingerprint density at radius 2 is 2.33 bits per heavy atom. The number of aliphatic hydroxyl groups excluding tert-OH is 1. The van der Waals surface area contributed by atoms with E-state index in [2.05, 4.69) is 9.97 Å². The van der Waals surface area contributed by atoms with Crippen molar-refractivity contribution in [2.24, 2.45) is 0 Å². The maximum absolute atomic E-state index is 13.3. The summed E-state index contributed by atoms with van der Waals surface area (Å²) in [6, 6.07) is 1.45. The Morgan fingerprint density at radius 1 is 1.53 bits per heavy atom. The van der Waals surface area contributed by atoms with E-state index in [1.807, 2.05) is 6.92 Å². The van der Waals surface area contributed by atoms with Crippen LogP contribution in [0.5, 0.6) is 0 Å². The van der Waals surface area contributed by atoms with Gasteiger partial charge >= 0.3 is 0 Å². The fourth-order valence-corrected chi connectivity index (χ4v) is 1.90. The van der Waals surface area contributed by atoms with Crippen molar-refractivity contribution >= 4 is 11.3 Å². The maximum atomic E-state index is 13.3. The lowest BCUT2D eigenvalue weighted by atomic mass is 10.1. The van der Waals surface area contributed by atoms with Gasteiger partial charge in [0.25, 0.3) is 0 Å². The topological polar surface area (TPSA) is 46.0 Å². The molecule has 0 aromatic carbocycles. The molecule has 2 rings (SSSR count). The first-order valence-electron chi connectivity index (χ1n) is 4.38. The summed E-state index contributed by atoms with van der Waals surface area (Å²) in [5.41, 5.74) is 0.679. The molecule has 0 aliphatic rings. The monoisotopic (exact) mass is 224 g/mol. The highest BCUT2D eigenvalue weighted by atomic mass is 32.1. The lowest BCUT2D eigenvalue weighted by Crippen LogP contribution is -2.03. The summed E-state index contributed by atoms with van der Waals surface area (Å²) in [5.74, 6) is -0.518. The summed E-state index contributed by atoms with van der Waals surface area (Å²) in [6.45, 7) is 1.84. The number of pyridine rings is 1. The predicted octanol–water partition coefficient (Wildman–Crippen LogP) is 2.07. The summed E-state index contributed by atoms with van der Waals surface area (Å²) in [4.78, 5) is 7.73. The number of aliphatic hydroxyl groups is 1. The molecule has 1 unspecified atom stereocenters. The standard InChI is InChI=1S/C10H9FN2OS/c1-6-13-9(5-15-6)10(14)7-2-3-12-4-8(7)11/h2-5,10,14H,1H3. The van der Waals surface area contributed by atoms with Gasteiger partial charge in [-0.25, -0.2) is 9.37 Å². The number of aryl methyl sites for hydroxylation is 1. The van der Waals surface area contributed by atoms with Crippen LogP contribution in [0.2, 0.25) is 0 Å². The molecule has 0 fully saturated rings. The van der Waals surface area contributed by atoms with Gasteiger partial charge in [0.05, 0.1) is 16.9 Å². The molecule has 0 amide bonds. The van der Waals surface area contributed by atoms with Crippen molar-refractivity contribution in [3.63, 3.8) is 0 Å². The molecule has 5 heteroatoms. The fraction of sp³-hybridized carbons (Fsp3) is 0.200. The molecule has 2 aromatic heterocycles. The SMILES string of the molecule is Cc1nc(C(O)c2ccncc2F)cs1. The van der Waals surface area contributed by atoms with Crippen LogP contribution in [-0.4, -0.2) is 15.1 Å². The van der Waals surface area contributed by atoms with E-state index < -0.39 is 11.9 Å². The van der Waals surface area contributed by atoms with Crippen LogP contribution in [0.3, 0.4) is 0 Å². The molecular weight excluding hydrogens is 215 g/mol. The average molecular weight is 224 g/mol. The molecule has 0 aliphatic heterocycles. The molecule has 15 heavy (non-hydrogen) atoms. The van der Waals surface area contributed by atoms with Gasteiger partial charge in [-0.05, 0) is 13.0 Å². The first-order valence-corrected chi connectivity index (χ1v) is 5.26. The fourth-order valence-electron chi connectivity index (χ4n) is 1.27. The van der Waals surface area contributed by atoms with Crippen LogP contribution in [0.1, 0.15) is 22.4 Å². The molecule has 1 N–H and O–H groups in total. The Hall–Kier alpha value is -1.33. The van der Waals surface area contributed by atoms with E-state index in [9.17, 15) is 9.50 Å². The second-order valence-electron chi connectivity index (χ2n) is 3.09. The number of hydrogen-bond donors (Lipinski definition) is 1. The van der Waals surface area contributed by atoms with Crippen molar-refractivity contribution in [1.82, 2.24) is 9.97 Å². The Labute approximate surface area is 90.3 Å².